The Bertz CT molecular complexity index is 741. The molecule has 3 rings (SSSR count). The van der Waals surface area contributed by atoms with Gasteiger partial charge in [0.2, 0.25) is 0 Å². The van der Waals surface area contributed by atoms with Crippen LogP contribution in [-0.4, -0.2) is 19.0 Å². The lowest BCUT2D eigenvalue weighted by Crippen LogP contribution is -2.32. The summed E-state index contributed by atoms with van der Waals surface area (Å²) < 4.78 is 11.7. The molecule has 0 N–H and O–H groups in total. The van der Waals surface area contributed by atoms with Crippen molar-refractivity contribution in [1.82, 2.24) is 0 Å². The van der Waals surface area contributed by atoms with Gasteiger partial charge in [-0.1, -0.05) is 12.0 Å². The van der Waals surface area contributed by atoms with Gasteiger partial charge in [0.15, 0.2) is 11.5 Å². The number of ketones is 1. The minimum Gasteiger partial charge on any atom is -0.493 e. The second-order valence-electron chi connectivity index (χ2n) is 6.94. The molecule has 130 valence electrons. The number of hydrogen-bond donors (Lipinski definition) is 0. The second-order valence-corrected chi connectivity index (χ2v) is 6.94. The fraction of sp³-hybridized carbons (Fsp3) is 0.500. The van der Waals surface area contributed by atoms with Gasteiger partial charge in [-0.15, -0.1) is 6.42 Å². The Morgan fingerprint density at radius 2 is 2.00 bits per heavy atom. The second kappa shape index (κ2) is 7.66. The lowest BCUT2D eigenvalue weighted by Gasteiger charge is -2.32. The molecule has 2 aliphatic carbocycles. The summed E-state index contributed by atoms with van der Waals surface area (Å²) in [5.41, 5.74) is 0.485. The van der Waals surface area contributed by atoms with E-state index in [9.17, 15) is 4.79 Å². The van der Waals surface area contributed by atoms with Gasteiger partial charge in [-0.25, -0.2) is 0 Å². The minimum absolute atomic E-state index is 0.241. The molecular weight excluding hydrogens is 312 g/mol. The van der Waals surface area contributed by atoms with E-state index in [2.05, 4.69) is 17.8 Å². The molecular formula is C22H24O3. The molecule has 1 aromatic carbocycles. The van der Waals surface area contributed by atoms with Crippen LogP contribution in [-0.2, 0) is 10.2 Å². The molecule has 2 saturated carbocycles. The van der Waals surface area contributed by atoms with Crippen LogP contribution in [0.1, 0.15) is 56.9 Å². The van der Waals surface area contributed by atoms with E-state index >= 15 is 0 Å². The molecule has 1 atom stereocenters. The molecule has 2 aliphatic rings. The molecule has 0 aromatic heterocycles. The molecule has 0 heterocycles. The summed E-state index contributed by atoms with van der Waals surface area (Å²) in [7, 11) is 1.65. The molecule has 3 heteroatoms. The van der Waals surface area contributed by atoms with Gasteiger partial charge in [0.25, 0.3) is 0 Å². The van der Waals surface area contributed by atoms with Crippen molar-refractivity contribution in [3.05, 3.63) is 23.8 Å². The highest BCUT2D eigenvalue weighted by atomic mass is 16.5. The van der Waals surface area contributed by atoms with Crippen LogP contribution in [0.4, 0.5) is 0 Å². The van der Waals surface area contributed by atoms with Crippen LogP contribution >= 0.6 is 0 Å². The van der Waals surface area contributed by atoms with Gasteiger partial charge in [0, 0.05) is 12.8 Å². The van der Waals surface area contributed by atoms with E-state index in [4.69, 9.17) is 15.9 Å². The van der Waals surface area contributed by atoms with Gasteiger partial charge in [-0.3, -0.25) is 4.79 Å². The molecule has 0 amide bonds. The maximum Gasteiger partial charge on any atom is 0.161 e. The van der Waals surface area contributed by atoms with E-state index in [1.54, 1.807) is 7.11 Å². The van der Waals surface area contributed by atoms with E-state index < -0.39 is 5.41 Å². The molecule has 0 spiro atoms. The number of carbonyl (C=O) groups excluding carboxylic acids is 1. The van der Waals surface area contributed by atoms with Crippen molar-refractivity contribution in [2.24, 2.45) is 0 Å². The van der Waals surface area contributed by atoms with Crippen LogP contribution in [0, 0.1) is 24.2 Å². The summed E-state index contributed by atoms with van der Waals surface area (Å²) >= 11 is 0. The fourth-order valence-electron chi connectivity index (χ4n) is 3.93. The predicted octanol–water partition coefficient (Wildman–Crippen LogP) is 4.03. The van der Waals surface area contributed by atoms with Crippen LogP contribution in [0.25, 0.3) is 0 Å². The average Bonchev–Trinajstić information content (AvgIpc) is 3.13. The number of ether oxygens (including phenoxy) is 2. The van der Waals surface area contributed by atoms with Crippen LogP contribution in [0.5, 0.6) is 11.5 Å². The zero-order chi connectivity index (χ0) is 17.7. The quantitative estimate of drug-likeness (QED) is 0.779. The largest absolute Gasteiger partial charge is 0.493 e. The molecule has 1 unspecified atom stereocenters. The van der Waals surface area contributed by atoms with E-state index in [0.717, 1.165) is 42.7 Å². The standard InChI is InChI=1S/C22H24O3/c1-3-4-13-22(14-7-8-18(23)16-22)17-11-12-20(24-2)21(15-17)25-19-9-5-6-10-19/h1,11-12,15,19H,5-10,14,16H2,2H3. The Balaban J connectivity index is 1.98. The average molecular weight is 336 g/mol. The summed E-state index contributed by atoms with van der Waals surface area (Å²) in [6.07, 6.45) is 12.9. The molecule has 0 bridgehead atoms. The number of rotatable bonds is 4. The first-order chi connectivity index (χ1) is 12.2. The normalized spacial score (nSPS) is 23.4. The van der Waals surface area contributed by atoms with E-state index in [-0.39, 0.29) is 11.9 Å². The Kier molecular flexibility index (Phi) is 5.34. The first kappa shape index (κ1) is 17.4. The zero-order valence-corrected chi connectivity index (χ0v) is 14.8. The zero-order valence-electron chi connectivity index (χ0n) is 14.8. The van der Waals surface area contributed by atoms with E-state index in [1.807, 2.05) is 18.2 Å². The van der Waals surface area contributed by atoms with E-state index in [1.165, 1.54) is 12.8 Å². The third-order valence-electron chi connectivity index (χ3n) is 5.24. The Labute approximate surface area is 150 Å². The Morgan fingerprint density at radius 1 is 1.20 bits per heavy atom. The fourth-order valence-corrected chi connectivity index (χ4v) is 3.93. The summed E-state index contributed by atoms with van der Waals surface area (Å²) in [6, 6.07) is 5.91. The Morgan fingerprint density at radius 3 is 2.68 bits per heavy atom. The summed E-state index contributed by atoms with van der Waals surface area (Å²) in [6.45, 7) is 0. The van der Waals surface area contributed by atoms with Crippen molar-refractivity contribution in [1.29, 1.82) is 0 Å². The summed E-state index contributed by atoms with van der Waals surface area (Å²) in [4.78, 5) is 12.1. The van der Waals surface area contributed by atoms with Crippen molar-refractivity contribution in [3.63, 3.8) is 0 Å². The molecule has 0 saturated heterocycles. The van der Waals surface area contributed by atoms with Crippen molar-refractivity contribution in [3.8, 4) is 35.7 Å². The van der Waals surface area contributed by atoms with Crippen molar-refractivity contribution in [2.75, 3.05) is 7.11 Å². The molecule has 0 aliphatic heterocycles. The predicted molar refractivity (Wildman–Crippen MR) is 97.6 cm³/mol. The summed E-state index contributed by atoms with van der Waals surface area (Å²) in [5.74, 6) is 10.0. The number of carbonyl (C=O) groups is 1. The topological polar surface area (TPSA) is 35.5 Å². The maximum absolute atomic E-state index is 12.1. The van der Waals surface area contributed by atoms with Crippen molar-refractivity contribution < 1.29 is 14.3 Å². The number of hydrogen-bond acceptors (Lipinski definition) is 3. The van der Waals surface area contributed by atoms with Gasteiger partial charge >= 0.3 is 0 Å². The number of terminal acetylenes is 1. The number of Topliss-reactive ketones (excluding diaryl/α,β-unsaturated/α-hetero) is 1. The summed E-state index contributed by atoms with van der Waals surface area (Å²) in [5, 5.41) is 0. The first-order valence-electron chi connectivity index (χ1n) is 9.01. The molecule has 2 fully saturated rings. The van der Waals surface area contributed by atoms with E-state index in [0.29, 0.717) is 12.8 Å². The highest BCUT2D eigenvalue weighted by Gasteiger charge is 2.36. The highest BCUT2D eigenvalue weighted by Crippen LogP contribution is 2.41. The smallest absolute Gasteiger partial charge is 0.161 e. The van der Waals surface area contributed by atoms with Gasteiger partial charge in [-0.05, 0) is 68.1 Å². The van der Waals surface area contributed by atoms with Gasteiger partial charge in [0.05, 0.1) is 18.6 Å². The third-order valence-corrected chi connectivity index (χ3v) is 5.24. The lowest BCUT2D eigenvalue weighted by atomic mass is 9.69. The van der Waals surface area contributed by atoms with Crippen molar-refractivity contribution >= 4 is 5.78 Å². The third kappa shape index (κ3) is 3.83. The van der Waals surface area contributed by atoms with Crippen LogP contribution in [0.15, 0.2) is 18.2 Å². The van der Waals surface area contributed by atoms with Crippen LogP contribution < -0.4 is 9.47 Å². The minimum atomic E-state index is -0.512. The van der Waals surface area contributed by atoms with Gasteiger partial charge < -0.3 is 9.47 Å². The maximum atomic E-state index is 12.1. The lowest BCUT2D eigenvalue weighted by molar-refractivity contribution is -0.121. The van der Waals surface area contributed by atoms with Gasteiger partial charge in [0.1, 0.15) is 5.78 Å². The SMILES string of the molecule is C#CC#CC1(c2ccc(OC)c(OC3CCCC3)c2)CCCC(=O)C1. The van der Waals surface area contributed by atoms with Crippen molar-refractivity contribution in [2.45, 2.75) is 62.9 Å². The molecule has 1 aromatic rings. The molecule has 3 nitrogen and oxygen atoms in total. The van der Waals surface area contributed by atoms with Crippen LogP contribution in [0.2, 0.25) is 0 Å². The van der Waals surface area contributed by atoms with Gasteiger partial charge in [-0.2, -0.15) is 0 Å². The number of benzene rings is 1. The molecule has 0 radical (unpaired) electrons. The van der Waals surface area contributed by atoms with Crippen LogP contribution in [0.3, 0.4) is 0 Å². The molecule has 25 heavy (non-hydrogen) atoms. The Hall–Kier alpha value is -2.39. The highest BCUT2D eigenvalue weighted by molar-refractivity contribution is 5.82. The number of methoxy groups -OCH3 is 1. The monoisotopic (exact) mass is 336 g/mol. The first-order valence-corrected chi connectivity index (χ1v) is 9.01.